The summed E-state index contributed by atoms with van der Waals surface area (Å²) < 4.78 is 5.40. The van der Waals surface area contributed by atoms with Crippen molar-refractivity contribution in [3.63, 3.8) is 0 Å². The largest absolute Gasteiger partial charge is 0.494 e. The molecule has 2 N–H and O–H groups in total. The van der Waals surface area contributed by atoms with E-state index < -0.39 is 0 Å². The van der Waals surface area contributed by atoms with Gasteiger partial charge in [0.1, 0.15) is 5.75 Å². The van der Waals surface area contributed by atoms with Gasteiger partial charge in [0.05, 0.1) is 6.61 Å². The summed E-state index contributed by atoms with van der Waals surface area (Å²) in [6, 6.07) is 13.3. The first-order valence-corrected chi connectivity index (χ1v) is 7.59. The molecule has 2 aromatic rings. The maximum Gasteiger partial charge on any atom is 0.119 e. The van der Waals surface area contributed by atoms with Crippen LogP contribution in [0.3, 0.4) is 0 Å². The quantitative estimate of drug-likeness (QED) is 0.709. The van der Waals surface area contributed by atoms with Gasteiger partial charge in [-0.2, -0.15) is 0 Å². The zero-order valence-electron chi connectivity index (χ0n) is 11.8. The van der Waals surface area contributed by atoms with Crippen LogP contribution in [-0.4, -0.2) is 19.7 Å². The SMILES string of the molecule is CCOc1ccc(NCCNc2cc(Cl)cc(Cl)c2)cc1. The van der Waals surface area contributed by atoms with Crippen molar-refractivity contribution >= 4 is 34.6 Å². The molecule has 2 rings (SSSR count). The first-order chi connectivity index (χ1) is 10.2. The molecule has 0 aliphatic rings. The molecule has 0 bridgehead atoms. The van der Waals surface area contributed by atoms with Crippen molar-refractivity contribution in [3.8, 4) is 5.75 Å². The van der Waals surface area contributed by atoms with Crippen molar-refractivity contribution in [2.45, 2.75) is 6.92 Å². The third kappa shape index (κ3) is 5.37. The molecule has 0 aromatic heterocycles. The Labute approximate surface area is 135 Å². The van der Waals surface area contributed by atoms with Crippen molar-refractivity contribution in [1.29, 1.82) is 0 Å². The topological polar surface area (TPSA) is 33.3 Å². The van der Waals surface area contributed by atoms with E-state index in [1.54, 1.807) is 6.07 Å². The van der Waals surface area contributed by atoms with E-state index in [1.165, 1.54) is 0 Å². The van der Waals surface area contributed by atoms with Gasteiger partial charge in [0.25, 0.3) is 0 Å². The highest BCUT2D eigenvalue weighted by molar-refractivity contribution is 6.35. The van der Waals surface area contributed by atoms with Crippen molar-refractivity contribution < 1.29 is 4.74 Å². The van der Waals surface area contributed by atoms with Crippen LogP contribution in [0.2, 0.25) is 10.0 Å². The summed E-state index contributed by atoms with van der Waals surface area (Å²) in [5, 5.41) is 7.86. The fraction of sp³-hybridized carbons (Fsp3) is 0.250. The highest BCUT2D eigenvalue weighted by Crippen LogP contribution is 2.22. The molecule has 0 radical (unpaired) electrons. The second kappa shape index (κ2) is 8.01. The predicted molar refractivity (Wildman–Crippen MR) is 91.1 cm³/mol. The van der Waals surface area contributed by atoms with Gasteiger partial charge in [-0.05, 0) is 49.4 Å². The number of nitrogens with one attached hydrogen (secondary N) is 2. The molecule has 3 nitrogen and oxygen atoms in total. The smallest absolute Gasteiger partial charge is 0.119 e. The Kier molecular flexibility index (Phi) is 6.03. The van der Waals surface area contributed by atoms with Crippen LogP contribution in [0.5, 0.6) is 5.75 Å². The van der Waals surface area contributed by atoms with E-state index in [-0.39, 0.29) is 0 Å². The summed E-state index contributed by atoms with van der Waals surface area (Å²) in [5.41, 5.74) is 1.98. The van der Waals surface area contributed by atoms with Crippen molar-refractivity contribution in [2.75, 3.05) is 30.3 Å². The molecule has 0 aliphatic carbocycles. The van der Waals surface area contributed by atoms with Crippen LogP contribution in [0, 0.1) is 0 Å². The lowest BCUT2D eigenvalue weighted by Crippen LogP contribution is -2.13. The van der Waals surface area contributed by atoms with E-state index in [0.717, 1.165) is 30.2 Å². The summed E-state index contributed by atoms with van der Waals surface area (Å²) in [4.78, 5) is 0. The number of anilines is 2. The minimum absolute atomic E-state index is 0.629. The van der Waals surface area contributed by atoms with Crippen LogP contribution < -0.4 is 15.4 Å². The molecule has 0 saturated carbocycles. The summed E-state index contributed by atoms with van der Waals surface area (Å²) in [7, 11) is 0. The average Bonchev–Trinajstić information content (AvgIpc) is 2.45. The number of halogens is 2. The van der Waals surface area contributed by atoms with Crippen LogP contribution in [0.4, 0.5) is 11.4 Å². The first kappa shape index (κ1) is 15.8. The van der Waals surface area contributed by atoms with E-state index >= 15 is 0 Å². The Morgan fingerprint density at radius 1 is 0.857 bits per heavy atom. The van der Waals surface area contributed by atoms with Gasteiger partial charge in [-0.15, -0.1) is 0 Å². The molecule has 0 unspecified atom stereocenters. The van der Waals surface area contributed by atoms with Gasteiger partial charge in [-0.25, -0.2) is 0 Å². The number of ether oxygens (including phenoxy) is 1. The first-order valence-electron chi connectivity index (χ1n) is 6.84. The van der Waals surface area contributed by atoms with Crippen molar-refractivity contribution in [1.82, 2.24) is 0 Å². The highest BCUT2D eigenvalue weighted by Gasteiger charge is 1.98. The van der Waals surface area contributed by atoms with Gasteiger partial charge < -0.3 is 15.4 Å². The lowest BCUT2D eigenvalue weighted by Gasteiger charge is -2.10. The molecule has 0 atom stereocenters. The minimum atomic E-state index is 0.629. The molecule has 0 fully saturated rings. The molecule has 0 aliphatic heterocycles. The molecule has 112 valence electrons. The molecule has 0 spiro atoms. The third-order valence-corrected chi connectivity index (χ3v) is 3.25. The predicted octanol–water partition coefficient (Wildman–Crippen LogP) is 4.92. The monoisotopic (exact) mass is 324 g/mol. The normalized spacial score (nSPS) is 10.2. The number of hydrogen-bond acceptors (Lipinski definition) is 3. The van der Waals surface area contributed by atoms with Crippen LogP contribution in [0.1, 0.15) is 6.92 Å². The Balaban J connectivity index is 1.76. The third-order valence-electron chi connectivity index (χ3n) is 2.81. The van der Waals surface area contributed by atoms with Gasteiger partial charge in [0.2, 0.25) is 0 Å². The van der Waals surface area contributed by atoms with Gasteiger partial charge in [0.15, 0.2) is 0 Å². The highest BCUT2D eigenvalue weighted by atomic mass is 35.5. The van der Waals surface area contributed by atoms with Crippen LogP contribution in [-0.2, 0) is 0 Å². The second-order valence-corrected chi connectivity index (χ2v) is 5.34. The molecule has 0 saturated heterocycles. The minimum Gasteiger partial charge on any atom is -0.494 e. The summed E-state index contributed by atoms with van der Waals surface area (Å²) >= 11 is 11.9. The molecule has 5 heteroatoms. The molecule has 2 aromatic carbocycles. The maximum atomic E-state index is 5.95. The average molecular weight is 325 g/mol. The van der Waals surface area contributed by atoms with Crippen LogP contribution in [0.15, 0.2) is 42.5 Å². The Hall–Kier alpha value is -1.58. The number of hydrogen-bond donors (Lipinski definition) is 2. The lowest BCUT2D eigenvalue weighted by atomic mass is 10.3. The zero-order valence-corrected chi connectivity index (χ0v) is 13.3. The molecule has 0 heterocycles. The zero-order chi connectivity index (χ0) is 15.1. The van der Waals surface area contributed by atoms with Gasteiger partial charge >= 0.3 is 0 Å². The van der Waals surface area contributed by atoms with Crippen molar-refractivity contribution in [2.24, 2.45) is 0 Å². The number of rotatable bonds is 7. The lowest BCUT2D eigenvalue weighted by molar-refractivity contribution is 0.340. The fourth-order valence-corrected chi connectivity index (χ4v) is 2.43. The van der Waals surface area contributed by atoms with E-state index in [1.807, 2.05) is 43.3 Å². The van der Waals surface area contributed by atoms with Gasteiger partial charge in [0, 0.05) is 34.5 Å². The summed E-state index contributed by atoms with van der Waals surface area (Å²) in [6.45, 7) is 4.21. The van der Waals surface area contributed by atoms with E-state index in [0.29, 0.717) is 16.7 Å². The molecule has 21 heavy (non-hydrogen) atoms. The second-order valence-electron chi connectivity index (χ2n) is 4.47. The molecule has 0 amide bonds. The van der Waals surface area contributed by atoms with Crippen LogP contribution in [0.25, 0.3) is 0 Å². The van der Waals surface area contributed by atoms with Gasteiger partial charge in [-0.1, -0.05) is 23.2 Å². The van der Waals surface area contributed by atoms with E-state index in [4.69, 9.17) is 27.9 Å². The van der Waals surface area contributed by atoms with Crippen LogP contribution >= 0.6 is 23.2 Å². The van der Waals surface area contributed by atoms with Crippen molar-refractivity contribution in [3.05, 3.63) is 52.5 Å². The Morgan fingerprint density at radius 2 is 1.43 bits per heavy atom. The maximum absolute atomic E-state index is 5.95. The Morgan fingerprint density at radius 3 is 2.00 bits per heavy atom. The Bertz CT molecular complexity index is 553. The van der Waals surface area contributed by atoms with E-state index in [9.17, 15) is 0 Å². The summed E-state index contributed by atoms with van der Waals surface area (Å²) in [5.74, 6) is 0.884. The standard InChI is InChI=1S/C16H18Cl2N2O/c1-2-21-16-5-3-14(4-6-16)19-7-8-20-15-10-12(17)9-13(18)11-15/h3-6,9-11,19-20H,2,7-8H2,1H3. The number of benzene rings is 2. The molecular formula is C16H18Cl2N2O. The van der Waals surface area contributed by atoms with Gasteiger partial charge in [-0.3, -0.25) is 0 Å². The molecular weight excluding hydrogens is 307 g/mol. The summed E-state index contributed by atoms with van der Waals surface area (Å²) in [6.07, 6.45) is 0. The fourth-order valence-electron chi connectivity index (χ4n) is 1.91. The van der Waals surface area contributed by atoms with E-state index in [2.05, 4.69) is 10.6 Å².